The molecular weight excluding hydrogens is 432 g/mol. The molecule has 2 aromatic carbocycles. The number of halogens is 6. The second-order valence-corrected chi connectivity index (χ2v) is 6.93. The topological polar surface area (TPSA) is 0 Å². The van der Waals surface area contributed by atoms with Crippen LogP contribution in [0.4, 0.5) is 13.2 Å². The molecule has 0 fully saturated rings. The van der Waals surface area contributed by atoms with Crippen LogP contribution >= 0.6 is 43.5 Å². The first kappa shape index (κ1) is 16.8. The molecule has 0 nitrogen and oxygen atoms in total. The third-order valence-corrected chi connectivity index (χ3v) is 4.26. The maximum absolute atomic E-state index is 12.5. The molecule has 0 saturated heterocycles. The highest BCUT2D eigenvalue weighted by atomic mass is 79.9. The zero-order valence-corrected chi connectivity index (χ0v) is 14.5. The van der Waals surface area contributed by atoms with Gasteiger partial charge < -0.3 is 0 Å². The number of rotatable bonds is 3. The van der Waals surface area contributed by atoms with Crippen LogP contribution in [0.15, 0.2) is 51.4 Å². The van der Waals surface area contributed by atoms with Crippen molar-refractivity contribution in [3.8, 4) is 0 Å². The second-order valence-electron chi connectivity index (χ2n) is 4.57. The number of alkyl halides is 4. The van der Waals surface area contributed by atoms with Crippen molar-refractivity contribution in [3.63, 3.8) is 0 Å². The quantitative estimate of drug-likeness (QED) is 0.461. The third kappa shape index (κ3) is 4.73. The van der Waals surface area contributed by atoms with Gasteiger partial charge in [-0.1, -0.05) is 44.0 Å². The van der Waals surface area contributed by atoms with E-state index in [4.69, 9.17) is 11.6 Å². The van der Waals surface area contributed by atoms with Crippen LogP contribution in [-0.4, -0.2) is 0 Å². The Morgan fingerprint density at radius 3 is 1.95 bits per heavy atom. The first-order valence-corrected chi connectivity index (χ1v) is 8.04. The Morgan fingerprint density at radius 2 is 1.48 bits per heavy atom. The monoisotopic (exact) mass is 440 g/mol. The molecule has 1 atom stereocenters. The lowest BCUT2D eigenvalue weighted by molar-refractivity contribution is -0.137. The Morgan fingerprint density at radius 1 is 0.952 bits per heavy atom. The fraction of sp³-hybridized carbons (Fsp3) is 0.200. The van der Waals surface area contributed by atoms with Crippen molar-refractivity contribution in [2.24, 2.45) is 0 Å². The molecule has 0 saturated carbocycles. The molecule has 2 rings (SSSR count). The average molecular weight is 443 g/mol. The van der Waals surface area contributed by atoms with Crippen LogP contribution in [-0.2, 0) is 12.6 Å². The Labute approximate surface area is 142 Å². The van der Waals surface area contributed by atoms with Crippen LogP contribution in [0.25, 0.3) is 0 Å². The molecular formula is C15H10Br2ClF3. The highest BCUT2D eigenvalue weighted by Crippen LogP contribution is 2.32. The van der Waals surface area contributed by atoms with Crippen LogP contribution in [0.3, 0.4) is 0 Å². The van der Waals surface area contributed by atoms with Gasteiger partial charge in [-0.25, -0.2) is 0 Å². The van der Waals surface area contributed by atoms with E-state index in [0.717, 1.165) is 32.2 Å². The zero-order valence-electron chi connectivity index (χ0n) is 10.6. The van der Waals surface area contributed by atoms with Gasteiger partial charge in [0.25, 0.3) is 0 Å². The highest BCUT2D eigenvalue weighted by Gasteiger charge is 2.29. The second kappa shape index (κ2) is 6.71. The molecule has 0 bridgehead atoms. The van der Waals surface area contributed by atoms with E-state index in [1.54, 1.807) is 0 Å². The van der Waals surface area contributed by atoms with E-state index in [1.165, 1.54) is 12.1 Å². The van der Waals surface area contributed by atoms with Crippen LogP contribution < -0.4 is 0 Å². The smallest absolute Gasteiger partial charge is 0.166 e. The molecule has 0 aromatic heterocycles. The summed E-state index contributed by atoms with van der Waals surface area (Å²) in [7, 11) is 0. The van der Waals surface area contributed by atoms with Crippen molar-refractivity contribution >= 4 is 43.5 Å². The van der Waals surface area contributed by atoms with Crippen molar-refractivity contribution in [3.05, 3.63) is 68.1 Å². The third-order valence-electron chi connectivity index (χ3n) is 2.94. The van der Waals surface area contributed by atoms with Crippen LogP contribution in [0, 0.1) is 0 Å². The summed E-state index contributed by atoms with van der Waals surface area (Å²) in [6, 6.07) is 10.8. The van der Waals surface area contributed by atoms with Crippen molar-refractivity contribution in [2.75, 3.05) is 0 Å². The van der Waals surface area contributed by atoms with Gasteiger partial charge in [-0.15, -0.1) is 11.6 Å². The van der Waals surface area contributed by atoms with Crippen molar-refractivity contribution in [1.82, 2.24) is 0 Å². The van der Waals surface area contributed by atoms with Gasteiger partial charge in [-0.2, -0.15) is 13.2 Å². The summed E-state index contributed by atoms with van der Waals surface area (Å²) in [4.78, 5) is 0. The van der Waals surface area contributed by atoms with E-state index in [2.05, 4.69) is 31.9 Å². The summed E-state index contributed by atoms with van der Waals surface area (Å²) in [5.74, 6) is 0. The molecule has 6 heteroatoms. The van der Waals surface area contributed by atoms with Gasteiger partial charge in [0.1, 0.15) is 0 Å². The first-order valence-electron chi connectivity index (χ1n) is 6.02. The summed E-state index contributed by atoms with van der Waals surface area (Å²) in [6.07, 6.45) is -3.85. The molecule has 0 radical (unpaired) electrons. The van der Waals surface area contributed by atoms with Gasteiger partial charge in [0.15, 0.2) is 0 Å². The van der Waals surface area contributed by atoms with Gasteiger partial charge in [-0.05, 0) is 47.9 Å². The zero-order chi connectivity index (χ0) is 15.6. The molecule has 0 spiro atoms. The molecule has 0 heterocycles. The minimum absolute atomic E-state index is 0.310. The molecule has 2 aromatic rings. The van der Waals surface area contributed by atoms with Crippen LogP contribution in [0.5, 0.6) is 0 Å². The van der Waals surface area contributed by atoms with Crippen molar-refractivity contribution in [2.45, 2.75) is 18.0 Å². The Hall–Kier alpha value is -0.520. The van der Waals surface area contributed by atoms with E-state index in [-0.39, 0.29) is 5.38 Å². The first-order chi connectivity index (χ1) is 9.75. The molecule has 112 valence electrons. The van der Waals surface area contributed by atoms with Crippen molar-refractivity contribution < 1.29 is 13.2 Å². The fourth-order valence-corrected chi connectivity index (χ4v) is 3.54. The lowest BCUT2D eigenvalue weighted by Crippen LogP contribution is -2.05. The van der Waals surface area contributed by atoms with Crippen molar-refractivity contribution in [1.29, 1.82) is 0 Å². The summed E-state index contributed by atoms with van der Waals surface area (Å²) >= 11 is 13.1. The molecule has 0 aliphatic carbocycles. The highest BCUT2D eigenvalue weighted by molar-refractivity contribution is 9.11. The number of benzene rings is 2. The van der Waals surface area contributed by atoms with Gasteiger partial charge in [0.05, 0.1) is 10.9 Å². The lowest BCUT2D eigenvalue weighted by Gasteiger charge is -2.12. The Bertz CT molecular complexity index is 604. The largest absolute Gasteiger partial charge is 0.416 e. The van der Waals surface area contributed by atoms with E-state index in [1.807, 2.05) is 18.2 Å². The molecule has 0 aliphatic rings. The summed E-state index contributed by atoms with van der Waals surface area (Å²) in [6.45, 7) is 0. The minimum atomic E-state index is -4.31. The number of hydrogen-bond donors (Lipinski definition) is 0. The SMILES string of the molecule is FC(F)(F)c1ccc(CC(Cl)c2cc(Br)cc(Br)c2)cc1. The summed E-state index contributed by atoms with van der Waals surface area (Å²) in [5, 5.41) is -0.310. The summed E-state index contributed by atoms with van der Waals surface area (Å²) < 4.78 is 39.3. The summed E-state index contributed by atoms with van der Waals surface area (Å²) in [5.41, 5.74) is 1.01. The van der Waals surface area contributed by atoms with Gasteiger partial charge >= 0.3 is 6.18 Å². The Balaban J connectivity index is 2.14. The van der Waals surface area contributed by atoms with Crippen LogP contribution in [0.1, 0.15) is 22.1 Å². The average Bonchev–Trinajstić information content (AvgIpc) is 2.37. The standard InChI is InChI=1S/C15H10Br2ClF3/c16-12-6-10(7-13(17)8-12)14(18)5-9-1-3-11(4-2-9)15(19,20)21/h1-4,6-8,14H,5H2. The predicted octanol–water partition coefficient (Wildman–Crippen LogP) is 6.75. The molecule has 0 N–H and O–H groups in total. The number of hydrogen-bond acceptors (Lipinski definition) is 0. The molecule has 0 aliphatic heterocycles. The maximum Gasteiger partial charge on any atom is 0.416 e. The van der Waals surface area contributed by atoms with E-state index >= 15 is 0 Å². The van der Waals surface area contributed by atoms with E-state index in [0.29, 0.717) is 6.42 Å². The Kier molecular flexibility index (Phi) is 5.38. The van der Waals surface area contributed by atoms with Crippen LogP contribution in [0.2, 0.25) is 0 Å². The molecule has 0 amide bonds. The normalized spacial score (nSPS) is 13.2. The van der Waals surface area contributed by atoms with Gasteiger partial charge in [0, 0.05) is 8.95 Å². The van der Waals surface area contributed by atoms with E-state index < -0.39 is 11.7 Å². The molecule has 21 heavy (non-hydrogen) atoms. The lowest BCUT2D eigenvalue weighted by atomic mass is 10.0. The maximum atomic E-state index is 12.5. The minimum Gasteiger partial charge on any atom is -0.166 e. The predicted molar refractivity (Wildman–Crippen MR) is 85.6 cm³/mol. The fourth-order valence-electron chi connectivity index (χ4n) is 1.91. The van der Waals surface area contributed by atoms with E-state index in [9.17, 15) is 13.2 Å². The van der Waals surface area contributed by atoms with Gasteiger partial charge in [0.2, 0.25) is 0 Å². The molecule has 1 unspecified atom stereocenters. The van der Waals surface area contributed by atoms with Gasteiger partial charge in [-0.3, -0.25) is 0 Å².